The summed E-state index contributed by atoms with van der Waals surface area (Å²) in [5.74, 6) is 1.47. The van der Waals surface area contributed by atoms with Gasteiger partial charge in [-0.25, -0.2) is 4.68 Å². The van der Waals surface area contributed by atoms with Crippen molar-refractivity contribution in [2.24, 2.45) is 0 Å². The molecule has 0 aliphatic rings. The Hall–Kier alpha value is -2.60. The molecule has 24 heavy (non-hydrogen) atoms. The molecule has 0 amide bonds. The van der Waals surface area contributed by atoms with Crippen LogP contribution >= 0.6 is 11.6 Å². The summed E-state index contributed by atoms with van der Waals surface area (Å²) in [6.07, 6.45) is 0. The number of ether oxygens (including phenoxy) is 1. The lowest BCUT2D eigenvalue weighted by Crippen LogP contribution is -2.07. The van der Waals surface area contributed by atoms with Crippen LogP contribution in [0.4, 0.5) is 5.95 Å². The summed E-state index contributed by atoms with van der Waals surface area (Å²) in [7, 11) is 0. The second kappa shape index (κ2) is 7.79. The molecule has 3 aromatic rings. The minimum absolute atomic E-state index is 0.447. The fourth-order valence-corrected chi connectivity index (χ4v) is 2.40. The van der Waals surface area contributed by atoms with E-state index in [1.807, 2.05) is 55.5 Å². The lowest BCUT2D eigenvalue weighted by Gasteiger charge is -2.09. The Morgan fingerprint density at radius 2 is 1.92 bits per heavy atom. The number of aromatic nitrogens is 4. The van der Waals surface area contributed by atoms with Gasteiger partial charge in [-0.15, -0.1) is 0 Å². The van der Waals surface area contributed by atoms with Crippen molar-refractivity contribution in [1.29, 1.82) is 0 Å². The number of hydrogen-bond acceptors (Lipinski definition) is 5. The molecule has 0 bridgehead atoms. The standard InChI is InChI=1S/C17H18ClN5O/c1-2-23-17(20-21-22-23)19-11-13-7-9-15(10-8-13)24-12-14-5-3-4-6-16(14)18/h3-10H,2,11-12H2,1H3,(H,19,20,22). The summed E-state index contributed by atoms with van der Waals surface area (Å²) in [6, 6.07) is 15.6. The van der Waals surface area contributed by atoms with Gasteiger partial charge in [-0.1, -0.05) is 47.0 Å². The van der Waals surface area contributed by atoms with E-state index in [1.54, 1.807) is 4.68 Å². The maximum atomic E-state index is 6.12. The highest BCUT2D eigenvalue weighted by Gasteiger charge is 2.04. The van der Waals surface area contributed by atoms with Gasteiger partial charge in [0.05, 0.1) is 0 Å². The van der Waals surface area contributed by atoms with Gasteiger partial charge in [-0.2, -0.15) is 0 Å². The van der Waals surface area contributed by atoms with Crippen LogP contribution in [0.1, 0.15) is 18.1 Å². The van der Waals surface area contributed by atoms with Gasteiger partial charge in [-0.3, -0.25) is 0 Å². The van der Waals surface area contributed by atoms with E-state index in [1.165, 1.54) is 0 Å². The predicted molar refractivity (Wildman–Crippen MR) is 93.0 cm³/mol. The monoisotopic (exact) mass is 343 g/mol. The van der Waals surface area contributed by atoms with E-state index in [9.17, 15) is 0 Å². The van der Waals surface area contributed by atoms with E-state index < -0.39 is 0 Å². The molecule has 124 valence electrons. The second-order valence-corrected chi connectivity index (χ2v) is 5.60. The van der Waals surface area contributed by atoms with Gasteiger partial charge in [0.25, 0.3) is 0 Å². The van der Waals surface area contributed by atoms with Crippen LogP contribution in [0.15, 0.2) is 48.5 Å². The first-order valence-corrected chi connectivity index (χ1v) is 8.09. The Labute approximate surface area is 145 Å². The van der Waals surface area contributed by atoms with Crippen molar-refractivity contribution in [1.82, 2.24) is 20.2 Å². The van der Waals surface area contributed by atoms with Crippen molar-refractivity contribution in [3.8, 4) is 5.75 Å². The molecule has 0 unspecified atom stereocenters. The minimum atomic E-state index is 0.447. The van der Waals surface area contributed by atoms with E-state index >= 15 is 0 Å². The Balaban J connectivity index is 1.54. The molecular formula is C17H18ClN5O. The van der Waals surface area contributed by atoms with Crippen molar-refractivity contribution in [3.05, 3.63) is 64.7 Å². The topological polar surface area (TPSA) is 64.9 Å². The molecule has 0 radical (unpaired) electrons. The summed E-state index contributed by atoms with van der Waals surface area (Å²) < 4.78 is 7.48. The third kappa shape index (κ3) is 4.02. The van der Waals surface area contributed by atoms with Gasteiger partial charge in [0, 0.05) is 23.7 Å². The molecule has 0 atom stereocenters. The van der Waals surface area contributed by atoms with Gasteiger partial charge in [0.1, 0.15) is 12.4 Å². The fourth-order valence-electron chi connectivity index (χ4n) is 2.21. The SMILES string of the molecule is CCn1nnnc1NCc1ccc(OCc2ccccc2Cl)cc1. The zero-order valence-electron chi connectivity index (χ0n) is 13.3. The number of halogens is 1. The summed E-state index contributed by atoms with van der Waals surface area (Å²) >= 11 is 6.12. The van der Waals surface area contributed by atoms with E-state index in [2.05, 4.69) is 20.8 Å². The Morgan fingerprint density at radius 1 is 1.12 bits per heavy atom. The average Bonchev–Trinajstić information content (AvgIpc) is 3.08. The summed E-state index contributed by atoms with van der Waals surface area (Å²) in [5.41, 5.74) is 2.09. The molecule has 7 heteroatoms. The third-order valence-corrected chi connectivity index (χ3v) is 3.93. The summed E-state index contributed by atoms with van der Waals surface area (Å²) in [4.78, 5) is 0. The number of nitrogens with zero attached hydrogens (tertiary/aromatic N) is 4. The first kappa shape index (κ1) is 16.3. The highest BCUT2D eigenvalue weighted by Crippen LogP contribution is 2.19. The molecule has 0 aliphatic heterocycles. The zero-order chi connectivity index (χ0) is 16.8. The zero-order valence-corrected chi connectivity index (χ0v) is 14.1. The van der Waals surface area contributed by atoms with Crippen LogP contribution in [-0.4, -0.2) is 20.2 Å². The molecule has 0 aliphatic carbocycles. The molecule has 0 spiro atoms. The number of nitrogens with one attached hydrogen (secondary N) is 1. The summed E-state index contributed by atoms with van der Waals surface area (Å²) in [5, 5.41) is 15.4. The number of tetrazole rings is 1. The van der Waals surface area contributed by atoms with E-state index in [-0.39, 0.29) is 0 Å². The lowest BCUT2D eigenvalue weighted by molar-refractivity contribution is 0.306. The molecule has 1 aromatic heterocycles. The maximum absolute atomic E-state index is 6.12. The highest BCUT2D eigenvalue weighted by atomic mass is 35.5. The van der Waals surface area contributed by atoms with Crippen LogP contribution in [0.2, 0.25) is 5.02 Å². The maximum Gasteiger partial charge on any atom is 0.243 e. The molecular weight excluding hydrogens is 326 g/mol. The smallest absolute Gasteiger partial charge is 0.243 e. The normalized spacial score (nSPS) is 10.6. The lowest BCUT2D eigenvalue weighted by atomic mass is 10.2. The average molecular weight is 344 g/mol. The van der Waals surface area contributed by atoms with Crippen LogP contribution in [0.25, 0.3) is 0 Å². The molecule has 6 nitrogen and oxygen atoms in total. The molecule has 1 heterocycles. The van der Waals surface area contributed by atoms with Crippen molar-refractivity contribution in [3.63, 3.8) is 0 Å². The van der Waals surface area contributed by atoms with E-state index in [0.29, 0.717) is 24.1 Å². The number of aryl methyl sites for hydroxylation is 1. The van der Waals surface area contributed by atoms with Crippen LogP contribution in [0.5, 0.6) is 5.75 Å². The number of benzene rings is 2. The largest absolute Gasteiger partial charge is 0.489 e. The van der Waals surface area contributed by atoms with Gasteiger partial charge in [0.2, 0.25) is 5.95 Å². The van der Waals surface area contributed by atoms with Crippen molar-refractivity contribution in [2.75, 3.05) is 5.32 Å². The highest BCUT2D eigenvalue weighted by molar-refractivity contribution is 6.31. The van der Waals surface area contributed by atoms with Crippen LogP contribution in [-0.2, 0) is 19.7 Å². The van der Waals surface area contributed by atoms with E-state index in [4.69, 9.17) is 16.3 Å². The van der Waals surface area contributed by atoms with Gasteiger partial charge in [0.15, 0.2) is 0 Å². The van der Waals surface area contributed by atoms with Crippen LogP contribution in [0.3, 0.4) is 0 Å². The molecule has 0 saturated heterocycles. The molecule has 2 aromatic carbocycles. The first-order valence-electron chi connectivity index (χ1n) is 7.71. The van der Waals surface area contributed by atoms with Gasteiger partial charge < -0.3 is 10.1 Å². The Morgan fingerprint density at radius 3 is 2.67 bits per heavy atom. The number of anilines is 1. The van der Waals surface area contributed by atoms with E-state index in [0.717, 1.165) is 23.4 Å². The number of hydrogen-bond donors (Lipinski definition) is 1. The van der Waals surface area contributed by atoms with Crippen molar-refractivity contribution < 1.29 is 4.74 Å². The second-order valence-electron chi connectivity index (χ2n) is 5.20. The van der Waals surface area contributed by atoms with Gasteiger partial charge in [-0.05, 0) is 41.1 Å². The molecule has 0 fully saturated rings. The minimum Gasteiger partial charge on any atom is -0.489 e. The quantitative estimate of drug-likeness (QED) is 0.710. The van der Waals surface area contributed by atoms with Gasteiger partial charge >= 0.3 is 0 Å². The third-order valence-electron chi connectivity index (χ3n) is 3.56. The van der Waals surface area contributed by atoms with Crippen LogP contribution < -0.4 is 10.1 Å². The molecule has 1 N–H and O–H groups in total. The molecule has 3 rings (SSSR count). The number of rotatable bonds is 7. The Kier molecular flexibility index (Phi) is 5.28. The first-order chi connectivity index (χ1) is 11.8. The van der Waals surface area contributed by atoms with Crippen molar-refractivity contribution in [2.45, 2.75) is 26.6 Å². The van der Waals surface area contributed by atoms with Crippen LogP contribution in [0, 0.1) is 0 Å². The van der Waals surface area contributed by atoms with Crippen molar-refractivity contribution >= 4 is 17.5 Å². The fraction of sp³-hybridized carbons (Fsp3) is 0.235. The molecule has 0 saturated carbocycles. The predicted octanol–water partition coefficient (Wildman–Crippen LogP) is 3.54. The Bertz CT molecular complexity index is 788. The summed E-state index contributed by atoms with van der Waals surface area (Å²) in [6.45, 7) is 3.81.